The molecule has 0 aromatic heterocycles. The summed E-state index contributed by atoms with van der Waals surface area (Å²) in [6, 6.07) is 0.338. The smallest absolute Gasteiger partial charge is 0.237 e. The Bertz CT molecular complexity index is 214. The van der Waals surface area contributed by atoms with E-state index in [1.807, 2.05) is 19.0 Å². The predicted molar refractivity (Wildman–Crippen MR) is 66.3 cm³/mol. The Hall–Kier alpha value is -0.610. The highest BCUT2D eigenvalue weighted by Gasteiger charge is 2.26. The van der Waals surface area contributed by atoms with Gasteiger partial charge < -0.3 is 10.6 Å². The number of rotatable bonds is 4. The van der Waals surface area contributed by atoms with Crippen LogP contribution in [0.25, 0.3) is 0 Å². The quantitative estimate of drug-likeness (QED) is 0.732. The average molecular weight is 227 g/mol. The molecule has 1 atom stereocenters. The lowest BCUT2D eigenvalue weighted by Crippen LogP contribution is -2.51. The molecule has 1 unspecified atom stereocenters. The maximum atomic E-state index is 12.1. The summed E-state index contributed by atoms with van der Waals surface area (Å²) in [5.74, 6) is 0.517. The van der Waals surface area contributed by atoms with Crippen molar-refractivity contribution in [2.75, 3.05) is 27.2 Å². The zero-order valence-corrected chi connectivity index (χ0v) is 10.9. The number of hydrogen-bond donors (Lipinski definition) is 2. The molecule has 1 aliphatic rings. The summed E-state index contributed by atoms with van der Waals surface area (Å²) in [7, 11) is 3.93. The fourth-order valence-corrected chi connectivity index (χ4v) is 2.39. The fourth-order valence-electron chi connectivity index (χ4n) is 2.39. The number of piperidine rings is 1. The van der Waals surface area contributed by atoms with Gasteiger partial charge in [0.1, 0.15) is 0 Å². The monoisotopic (exact) mass is 227 g/mol. The van der Waals surface area contributed by atoms with Crippen LogP contribution in [0, 0.1) is 5.92 Å². The van der Waals surface area contributed by atoms with Crippen molar-refractivity contribution in [2.45, 2.75) is 38.8 Å². The lowest BCUT2D eigenvalue weighted by atomic mass is 10.0. The van der Waals surface area contributed by atoms with Crippen molar-refractivity contribution in [2.24, 2.45) is 5.92 Å². The first-order valence-corrected chi connectivity index (χ1v) is 6.20. The molecule has 0 radical (unpaired) electrons. The van der Waals surface area contributed by atoms with Gasteiger partial charge in [-0.2, -0.15) is 0 Å². The first-order chi connectivity index (χ1) is 7.52. The number of likely N-dealkylation sites (N-methyl/N-ethyl adjacent to an activating group) is 1. The number of nitrogens with zero attached hydrogens (tertiary/aromatic N) is 1. The second-order valence-corrected chi connectivity index (χ2v) is 5.19. The Balaban J connectivity index is 2.47. The van der Waals surface area contributed by atoms with Crippen LogP contribution >= 0.6 is 0 Å². The third-order valence-electron chi connectivity index (χ3n) is 3.14. The Morgan fingerprint density at radius 1 is 1.31 bits per heavy atom. The molecule has 0 bridgehead atoms. The van der Waals surface area contributed by atoms with Crippen LogP contribution in [0.3, 0.4) is 0 Å². The normalized spacial score (nSPS) is 20.1. The van der Waals surface area contributed by atoms with Crippen molar-refractivity contribution < 1.29 is 4.79 Å². The number of hydrogen-bond acceptors (Lipinski definition) is 3. The molecule has 1 saturated heterocycles. The van der Waals surface area contributed by atoms with E-state index in [1.165, 1.54) is 0 Å². The molecular weight excluding hydrogens is 202 g/mol. The molecule has 4 nitrogen and oxygen atoms in total. The topological polar surface area (TPSA) is 44.4 Å². The van der Waals surface area contributed by atoms with Gasteiger partial charge in [-0.1, -0.05) is 13.8 Å². The lowest BCUT2D eigenvalue weighted by Gasteiger charge is -2.30. The zero-order chi connectivity index (χ0) is 12.1. The van der Waals surface area contributed by atoms with E-state index >= 15 is 0 Å². The number of carbonyl (C=O) groups excluding carboxylic acids is 1. The van der Waals surface area contributed by atoms with Gasteiger partial charge in [-0.05, 0) is 45.9 Å². The average Bonchev–Trinajstić information content (AvgIpc) is 2.17. The first-order valence-electron chi connectivity index (χ1n) is 6.20. The van der Waals surface area contributed by atoms with E-state index < -0.39 is 0 Å². The molecule has 0 spiro atoms. The standard InChI is InChI=1S/C12H25N3O/c1-9(2)11(15(3)4)12(16)14-10-5-7-13-8-6-10/h9-11,13H,5-8H2,1-4H3,(H,14,16). The second-order valence-electron chi connectivity index (χ2n) is 5.19. The largest absolute Gasteiger partial charge is 0.352 e. The van der Waals surface area contributed by atoms with E-state index in [2.05, 4.69) is 24.5 Å². The molecule has 1 amide bonds. The molecule has 0 aromatic carbocycles. The summed E-state index contributed by atoms with van der Waals surface area (Å²) in [5, 5.41) is 6.46. The summed E-state index contributed by atoms with van der Waals surface area (Å²) >= 11 is 0. The highest BCUT2D eigenvalue weighted by Crippen LogP contribution is 2.09. The minimum atomic E-state index is -0.0186. The summed E-state index contributed by atoms with van der Waals surface area (Å²) in [4.78, 5) is 14.1. The highest BCUT2D eigenvalue weighted by molar-refractivity contribution is 5.82. The fraction of sp³-hybridized carbons (Fsp3) is 0.917. The van der Waals surface area contributed by atoms with Crippen LogP contribution in [0.1, 0.15) is 26.7 Å². The minimum Gasteiger partial charge on any atom is -0.352 e. The van der Waals surface area contributed by atoms with E-state index in [1.54, 1.807) is 0 Å². The van der Waals surface area contributed by atoms with Crippen LogP contribution in [0.4, 0.5) is 0 Å². The van der Waals surface area contributed by atoms with E-state index in [4.69, 9.17) is 0 Å². The molecular formula is C12H25N3O. The molecule has 94 valence electrons. The zero-order valence-electron chi connectivity index (χ0n) is 10.9. The molecule has 0 aromatic rings. The van der Waals surface area contributed by atoms with Crippen LogP contribution in [-0.2, 0) is 4.79 Å². The van der Waals surface area contributed by atoms with Gasteiger partial charge in [0.05, 0.1) is 6.04 Å². The maximum absolute atomic E-state index is 12.1. The molecule has 4 heteroatoms. The van der Waals surface area contributed by atoms with Crippen LogP contribution in [0.5, 0.6) is 0 Å². The molecule has 2 N–H and O–H groups in total. The number of amides is 1. The van der Waals surface area contributed by atoms with E-state index in [9.17, 15) is 4.79 Å². The van der Waals surface area contributed by atoms with Gasteiger partial charge in [0.15, 0.2) is 0 Å². The van der Waals surface area contributed by atoms with Crippen LogP contribution in [0.15, 0.2) is 0 Å². The summed E-state index contributed by atoms with van der Waals surface area (Å²) in [6.07, 6.45) is 2.09. The van der Waals surface area contributed by atoms with Gasteiger partial charge in [0.2, 0.25) is 5.91 Å². The van der Waals surface area contributed by atoms with Crippen molar-refractivity contribution in [1.82, 2.24) is 15.5 Å². The SMILES string of the molecule is CC(C)C(C(=O)NC1CCNCC1)N(C)C. The van der Waals surface area contributed by atoms with E-state index in [0.29, 0.717) is 12.0 Å². The van der Waals surface area contributed by atoms with Crippen molar-refractivity contribution in [1.29, 1.82) is 0 Å². The van der Waals surface area contributed by atoms with E-state index in [-0.39, 0.29) is 11.9 Å². The Morgan fingerprint density at radius 3 is 2.31 bits per heavy atom. The Morgan fingerprint density at radius 2 is 1.88 bits per heavy atom. The molecule has 16 heavy (non-hydrogen) atoms. The summed E-state index contributed by atoms with van der Waals surface area (Å²) < 4.78 is 0. The minimum absolute atomic E-state index is 0.0186. The Kier molecular flexibility index (Phi) is 5.22. The predicted octanol–water partition coefficient (Wildman–Crippen LogP) is 0.441. The molecule has 0 saturated carbocycles. The molecule has 0 aliphatic carbocycles. The van der Waals surface area contributed by atoms with Crippen LogP contribution in [0.2, 0.25) is 0 Å². The van der Waals surface area contributed by atoms with Gasteiger partial charge in [-0.3, -0.25) is 9.69 Å². The van der Waals surface area contributed by atoms with Crippen LogP contribution in [-0.4, -0.2) is 50.1 Å². The van der Waals surface area contributed by atoms with Gasteiger partial charge in [0, 0.05) is 6.04 Å². The number of nitrogens with one attached hydrogen (secondary N) is 2. The molecule has 1 fully saturated rings. The van der Waals surface area contributed by atoms with Gasteiger partial charge in [-0.15, -0.1) is 0 Å². The van der Waals surface area contributed by atoms with Crippen molar-refractivity contribution in [3.63, 3.8) is 0 Å². The summed E-state index contributed by atoms with van der Waals surface area (Å²) in [6.45, 7) is 6.21. The maximum Gasteiger partial charge on any atom is 0.237 e. The van der Waals surface area contributed by atoms with Crippen LogP contribution < -0.4 is 10.6 Å². The van der Waals surface area contributed by atoms with Gasteiger partial charge in [0.25, 0.3) is 0 Å². The van der Waals surface area contributed by atoms with Gasteiger partial charge in [-0.25, -0.2) is 0 Å². The summed E-state index contributed by atoms with van der Waals surface area (Å²) in [5.41, 5.74) is 0. The highest BCUT2D eigenvalue weighted by atomic mass is 16.2. The van der Waals surface area contributed by atoms with Crippen molar-refractivity contribution >= 4 is 5.91 Å². The Labute approximate surface area is 98.8 Å². The molecule has 1 rings (SSSR count). The van der Waals surface area contributed by atoms with Gasteiger partial charge >= 0.3 is 0 Å². The third kappa shape index (κ3) is 3.76. The lowest BCUT2D eigenvalue weighted by molar-refractivity contribution is -0.127. The van der Waals surface area contributed by atoms with E-state index in [0.717, 1.165) is 25.9 Å². The van der Waals surface area contributed by atoms with Crippen molar-refractivity contribution in [3.8, 4) is 0 Å². The first kappa shape index (κ1) is 13.5. The second kappa shape index (κ2) is 6.21. The third-order valence-corrected chi connectivity index (χ3v) is 3.14. The molecule has 1 heterocycles. The van der Waals surface area contributed by atoms with Crippen molar-refractivity contribution in [3.05, 3.63) is 0 Å². The molecule has 1 aliphatic heterocycles. The number of carbonyl (C=O) groups is 1.